The van der Waals surface area contributed by atoms with Crippen LogP contribution in [0.5, 0.6) is 17.2 Å². The average Bonchev–Trinajstić information content (AvgIpc) is 2.63. The van der Waals surface area contributed by atoms with Crippen molar-refractivity contribution in [1.29, 1.82) is 0 Å². The summed E-state index contributed by atoms with van der Waals surface area (Å²) in [5.74, 6) is 1.10. The highest BCUT2D eigenvalue weighted by molar-refractivity contribution is 6.31. The molecule has 0 bridgehead atoms. The van der Waals surface area contributed by atoms with E-state index in [1.165, 1.54) is 18.0 Å². The molecule has 9 heteroatoms. The van der Waals surface area contributed by atoms with E-state index in [0.29, 0.717) is 34.6 Å². The van der Waals surface area contributed by atoms with Crippen molar-refractivity contribution in [2.24, 2.45) is 0 Å². The van der Waals surface area contributed by atoms with Gasteiger partial charge in [0.1, 0.15) is 11.5 Å². The summed E-state index contributed by atoms with van der Waals surface area (Å²) in [6.07, 6.45) is -5.25. The van der Waals surface area contributed by atoms with E-state index in [2.05, 4.69) is 5.32 Å². The van der Waals surface area contributed by atoms with Crippen LogP contribution < -0.4 is 14.8 Å². The predicted octanol–water partition coefficient (Wildman–Crippen LogP) is 5.35. The van der Waals surface area contributed by atoms with Crippen molar-refractivity contribution in [3.8, 4) is 17.2 Å². The van der Waals surface area contributed by atoms with E-state index in [-0.39, 0.29) is 13.1 Å². The fourth-order valence-corrected chi connectivity index (χ4v) is 2.59. The van der Waals surface area contributed by atoms with Crippen LogP contribution in [0.3, 0.4) is 0 Å². The number of alkyl halides is 3. The molecule has 0 radical (unpaired) electrons. The number of rotatable bonds is 9. The molecular formula is C20H22ClF3N2O3. The number of anilines is 1. The van der Waals surface area contributed by atoms with Gasteiger partial charge in [0.2, 0.25) is 5.91 Å². The Hall–Kier alpha value is -2.45. The second-order valence-electron chi connectivity index (χ2n) is 6.30. The summed E-state index contributed by atoms with van der Waals surface area (Å²) in [5.41, 5.74) is 0.320. The summed E-state index contributed by atoms with van der Waals surface area (Å²) in [6, 6.07) is 11.7. The Labute approximate surface area is 172 Å². The molecule has 2 aromatic rings. The number of carbonyl (C=O) groups is 1. The molecule has 5 nitrogen and oxygen atoms in total. The van der Waals surface area contributed by atoms with Crippen molar-refractivity contribution in [2.45, 2.75) is 19.5 Å². The number of nitrogens with zero attached hydrogens (tertiary/aromatic N) is 1. The van der Waals surface area contributed by atoms with E-state index >= 15 is 0 Å². The van der Waals surface area contributed by atoms with Gasteiger partial charge in [-0.05, 0) is 56.4 Å². The van der Waals surface area contributed by atoms with Crippen LogP contribution in [0.15, 0.2) is 42.5 Å². The lowest BCUT2D eigenvalue weighted by Gasteiger charge is -2.18. The summed E-state index contributed by atoms with van der Waals surface area (Å²) in [5, 5.41) is 3.01. The number of ether oxygens (including phenoxy) is 2. The Bertz CT molecular complexity index is 814. The van der Waals surface area contributed by atoms with Gasteiger partial charge in [0.05, 0.1) is 25.3 Å². The molecule has 0 aliphatic carbocycles. The molecule has 29 heavy (non-hydrogen) atoms. The predicted molar refractivity (Wildman–Crippen MR) is 106 cm³/mol. The minimum absolute atomic E-state index is 0.203. The van der Waals surface area contributed by atoms with Crippen LogP contribution in [0.4, 0.5) is 18.9 Å². The SMILES string of the molecule is CCOc1ccc(Oc2ccc(Cl)cc2NC(=O)CN(C)CCC(F)(F)F)cc1. The summed E-state index contributed by atoms with van der Waals surface area (Å²) in [6.45, 7) is 1.95. The van der Waals surface area contributed by atoms with Gasteiger partial charge in [0.15, 0.2) is 5.75 Å². The molecule has 0 saturated carbocycles. The minimum Gasteiger partial charge on any atom is -0.494 e. The van der Waals surface area contributed by atoms with Gasteiger partial charge in [0, 0.05) is 11.6 Å². The van der Waals surface area contributed by atoms with Crippen LogP contribution in [0.2, 0.25) is 5.02 Å². The molecule has 1 amide bonds. The molecule has 0 spiro atoms. The standard InChI is InChI=1S/C20H22ClF3N2O3/c1-3-28-15-5-7-16(8-6-15)29-18-9-4-14(21)12-17(18)25-19(27)13-26(2)11-10-20(22,23)24/h4-9,12H,3,10-11,13H2,1-2H3,(H,25,27). The number of halogens is 4. The van der Waals surface area contributed by atoms with E-state index in [4.69, 9.17) is 21.1 Å². The minimum atomic E-state index is -4.27. The Kier molecular flexibility index (Phi) is 8.16. The third kappa shape index (κ3) is 8.21. The second kappa shape index (κ2) is 10.4. The van der Waals surface area contributed by atoms with E-state index in [1.807, 2.05) is 6.92 Å². The molecule has 0 heterocycles. The first-order valence-electron chi connectivity index (χ1n) is 8.91. The Morgan fingerprint density at radius 1 is 1.14 bits per heavy atom. The third-order valence-corrected chi connectivity index (χ3v) is 4.00. The van der Waals surface area contributed by atoms with Gasteiger partial charge in [-0.25, -0.2) is 0 Å². The number of amides is 1. The first-order chi connectivity index (χ1) is 13.7. The average molecular weight is 431 g/mol. The molecule has 0 aliphatic rings. The zero-order chi connectivity index (χ0) is 21.4. The van der Waals surface area contributed by atoms with Crippen molar-refractivity contribution in [2.75, 3.05) is 32.1 Å². The van der Waals surface area contributed by atoms with E-state index in [9.17, 15) is 18.0 Å². The number of hydrogen-bond acceptors (Lipinski definition) is 4. The first kappa shape index (κ1) is 22.8. The zero-order valence-electron chi connectivity index (χ0n) is 16.1. The van der Waals surface area contributed by atoms with Crippen molar-refractivity contribution in [3.63, 3.8) is 0 Å². The molecule has 158 valence electrons. The zero-order valence-corrected chi connectivity index (χ0v) is 16.8. The van der Waals surface area contributed by atoms with Gasteiger partial charge in [-0.1, -0.05) is 11.6 Å². The molecule has 0 unspecified atom stereocenters. The molecular weight excluding hydrogens is 409 g/mol. The number of benzene rings is 2. The number of nitrogens with one attached hydrogen (secondary N) is 1. The van der Waals surface area contributed by atoms with Gasteiger partial charge >= 0.3 is 6.18 Å². The number of carbonyl (C=O) groups excluding carboxylic acids is 1. The Morgan fingerprint density at radius 3 is 2.41 bits per heavy atom. The second-order valence-corrected chi connectivity index (χ2v) is 6.73. The monoisotopic (exact) mass is 430 g/mol. The van der Waals surface area contributed by atoms with Crippen molar-refractivity contribution in [3.05, 3.63) is 47.5 Å². The Morgan fingerprint density at radius 2 is 1.79 bits per heavy atom. The topological polar surface area (TPSA) is 50.8 Å². The number of likely N-dealkylation sites (N-methyl/N-ethyl adjacent to an activating group) is 1. The van der Waals surface area contributed by atoms with E-state index in [1.54, 1.807) is 36.4 Å². The van der Waals surface area contributed by atoms with Gasteiger partial charge in [-0.15, -0.1) is 0 Å². The van der Waals surface area contributed by atoms with Crippen molar-refractivity contribution in [1.82, 2.24) is 4.90 Å². The van der Waals surface area contributed by atoms with Gasteiger partial charge in [-0.2, -0.15) is 13.2 Å². The molecule has 2 aromatic carbocycles. The molecule has 0 aliphatic heterocycles. The summed E-state index contributed by atoms with van der Waals surface area (Å²) in [7, 11) is 1.45. The molecule has 0 atom stereocenters. The van der Waals surface area contributed by atoms with Crippen LogP contribution in [-0.4, -0.2) is 43.7 Å². The quantitative estimate of drug-likeness (QED) is 0.582. The molecule has 1 N–H and O–H groups in total. The first-order valence-corrected chi connectivity index (χ1v) is 9.29. The van der Waals surface area contributed by atoms with Crippen LogP contribution in [0.25, 0.3) is 0 Å². The van der Waals surface area contributed by atoms with Crippen molar-refractivity contribution < 1.29 is 27.4 Å². The molecule has 0 saturated heterocycles. The highest BCUT2D eigenvalue weighted by Crippen LogP contribution is 2.32. The fourth-order valence-electron chi connectivity index (χ4n) is 2.42. The fraction of sp³-hybridized carbons (Fsp3) is 0.350. The summed E-state index contributed by atoms with van der Waals surface area (Å²) in [4.78, 5) is 13.5. The van der Waals surface area contributed by atoms with Crippen LogP contribution in [0, 0.1) is 0 Å². The van der Waals surface area contributed by atoms with Crippen LogP contribution in [-0.2, 0) is 4.79 Å². The number of hydrogen-bond donors (Lipinski definition) is 1. The van der Waals surface area contributed by atoms with Crippen molar-refractivity contribution >= 4 is 23.2 Å². The Balaban J connectivity index is 2.03. The molecule has 2 rings (SSSR count). The third-order valence-electron chi connectivity index (χ3n) is 3.77. The maximum absolute atomic E-state index is 12.3. The lowest BCUT2D eigenvalue weighted by atomic mass is 10.2. The van der Waals surface area contributed by atoms with Gasteiger partial charge < -0.3 is 14.8 Å². The van der Waals surface area contributed by atoms with E-state index < -0.39 is 18.5 Å². The normalized spacial score (nSPS) is 11.4. The van der Waals surface area contributed by atoms with Crippen LogP contribution >= 0.6 is 11.6 Å². The maximum Gasteiger partial charge on any atom is 0.390 e. The van der Waals surface area contributed by atoms with E-state index in [0.717, 1.165) is 0 Å². The highest BCUT2D eigenvalue weighted by Gasteiger charge is 2.27. The maximum atomic E-state index is 12.3. The van der Waals surface area contributed by atoms with Crippen LogP contribution in [0.1, 0.15) is 13.3 Å². The van der Waals surface area contributed by atoms with Gasteiger partial charge in [-0.3, -0.25) is 9.69 Å². The lowest BCUT2D eigenvalue weighted by Crippen LogP contribution is -2.32. The summed E-state index contributed by atoms with van der Waals surface area (Å²) < 4.78 is 48.1. The summed E-state index contributed by atoms with van der Waals surface area (Å²) >= 11 is 6.01. The smallest absolute Gasteiger partial charge is 0.390 e. The highest BCUT2D eigenvalue weighted by atomic mass is 35.5. The van der Waals surface area contributed by atoms with Gasteiger partial charge in [0.25, 0.3) is 0 Å². The lowest BCUT2D eigenvalue weighted by molar-refractivity contribution is -0.138. The molecule has 0 fully saturated rings. The largest absolute Gasteiger partial charge is 0.494 e. The molecule has 0 aromatic heterocycles.